The van der Waals surface area contributed by atoms with E-state index in [4.69, 9.17) is 0 Å². The predicted octanol–water partition coefficient (Wildman–Crippen LogP) is 4.54. The zero-order valence-electron chi connectivity index (χ0n) is 11.6. The summed E-state index contributed by atoms with van der Waals surface area (Å²) in [7, 11) is 0. The average molecular weight is 316 g/mol. The van der Waals surface area contributed by atoms with E-state index >= 15 is 0 Å². The molecule has 0 saturated carbocycles. The van der Waals surface area contributed by atoms with Crippen LogP contribution in [-0.2, 0) is 6.42 Å². The van der Waals surface area contributed by atoms with E-state index < -0.39 is 12.5 Å². The van der Waals surface area contributed by atoms with Gasteiger partial charge in [-0.3, -0.25) is 0 Å². The number of thiophene rings is 1. The molecule has 1 heterocycles. The van der Waals surface area contributed by atoms with Gasteiger partial charge in [0.25, 0.3) is 0 Å². The van der Waals surface area contributed by atoms with Crippen molar-refractivity contribution in [2.45, 2.75) is 32.7 Å². The van der Waals surface area contributed by atoms with Crippen LogP contribution in [0.5, 0.6) is 5.75 Å². The number of alkyl halides is 3. The number of ether oxygens (including phenoxy) is 1. The molecule has 0 radical (unpaired) electrons. The smallest absolute Gasteiger partial charge is 0.406 e. The summed E-state index contributed by atoms with van der Waals surface area (Å²) in [4.78, 5) is 2.01. The highest BCUT2D eigenvalue weighted by atomic mass is 32.1. The number of aliphatic hydroxyl groups excluding tert-OH is 1. The number of rotatable bonds is 4. The Hall–Kier alpha value is -1.53. The Kier molecular flexibility index (Phi) is 4.58. The first-order valence-corrected chi connectivity index (χ1v) is 7.16. The number of aryl methyl sites for hydroxylation is 2. The molecule has 2 aromatic rings. The normalized spacial score (nSPS) is 13.2. The van der Waals surface area contributed by atoms with Crippen LogP contribution in [0.1, 0.15) is 27.0 Å². The summed E-state index contributed by atoms with van der Waals surface area (Å²) in [6.07, 6.45) is -4.99. The van der Waals surface area contributed by atoms with Gasteiger partial charge in [-0.25, -0.2) is 0 Å². The Balaban J connectivity index is 2.03. The first kappa shape index (κ1) is 15.9. The second kappa shape index (κ2) is 6.07. The average Bonchev–Trinajstić information content (AvgIpc) is 2.70. The molecule has 0 spiro atoms. The molecule has 1 unspecified atom stereocenters. The lowest BCUT2D eigenvalue weighted by atomic mass is 10.1. The maximum Gasteiger partial charge on any atom is 0.573 e. The molecule has 1 atom stereocenters. The van der Waals surface area contributed by atoms with Crippen molar-refractivity contribution in [3.63, 3.8) is 0 Å². The van der Waals surface area contributed by atoms with Gasteiger partial charge < -0.3 is 9.84 Å². The van der Waals surface area contributed by atoms with Gasteiger partial charge in [0.05, 0.1) is 6.10 Å². The van der Waals surface area contributed by atoms with Gasteiger partial charge in [0.1, 0.15) is 5.75 Å². The lowest BCUT2D eigenvalue weighted by Gasteiger charge is -2.11. The number of aliphatic hydroxyl groups is 1. The molecule has 1 aromatic carbocycles. The van der Waals surface area contributed by atoms with Gasteiger partial charge in [-0.15, -0.1) is 24.5 Å². The summed E-state index contributed by atoms with van der Waals surface area (Å²) in [5, 5.41) is 10.2. The third kappa shape index (κ3) is 4.47. The van der Waals surface area contributed by atoms with E-state index in [-0.39, 0.29) is 5.75 Å². The fourth-order valence-electron chi connectivity index (χ4n) is 1.92. The molecule has 0 aliphatic rings. The van der Waals surface area contributed by atoms with Crippen molar-refractivity contribution in [2.24, 2.45) is 0 Å². The van der Waals surface area contributed by atoms with Crippen molar-refractivity contribution in [1.29, 1.82) is 0 Å². The van der Waals surface area contributed by atoms with Crippen LogP contribution in [0.2, 0.25) is 0 Å². The lowest BCUT2D eigenvalue weighted by molar-refractivity contribution is -0.274. The zero-order valence-corrected chi connectivity index (χ0v) is 12.4. The quantitative estimate of drug-likeness (QED) is 0.897. The molecule has 21 heavy (non-hydrogen) atoms. The number of hydrogen-bond acceptors (Lipinski definition) is 3. The zero-order chi connectivity index (χ0) is 15.6. The molecule has 6 heteroatoms. The third-order valence-corrected chi connectivity index (χ3v) is 4.35. The van der Waals surface area contributed by atoms with Crippen molar-refractivity contribution in [2.75, 3.05) is 0 Å². The van der Waals surface area contributed by atoms with Gasteiger partial charge in [-0.05, 0) is 43.2 Å². The minimum Gasteiger partial charge on any atom is -0.406 e. The Morgan fingerprint density at radius 3 is 2.29 bits per heavy atom. The van der Waals surface area contributed by atoms with Crippen LogP contribution >= 0.6 is 11.3 Å². The monoisotopic (exact) mass is 316 g/mol. The van der Waals surface area contributed by atoms with Crippen LogP contribution in [-0.4, -0.2) is 11.5 Å². The minimum atomic E-state index is -4.69. The van der Waals surface area contributed by atoms with E-state index in [1.807, 2.05) is 19.9 Å². The van der Waals surface area contributed by atoms with E-state index in [0.717, 1.165) is 20.9 Å². The van der Waals surface area contributed by atoms with Crippen LogP contribution in [0, 0.1) is 13.8 Å². The van der Waals surface area contributed by atoms with Gasteiger partial charge in [0.2, 0.25) is 0 Å². The van der Waals surface area contributed by atoms with Crippen molar-refractivity contribution >= 4 is 11.3 Å². The van der Waals surface area contributed by atoms with E-state index in [0.29, 0.717) is 6.42 Å². The Labute approximate surface area is 124 Å². The molecule has 0 saturated heterocycles. The molecule has 0 fully saturated rings. The van der Waals surface area contributed by atoms with Crippen molar-refractivity contribution in [1.82, 2.24) is 0 Å². The van der Waals surface area contributed by atoms with E-state index in [1.165, 1.54) is 35.6 Å². The number of hydrogen-bond donors (Lipinski definition) is 1. The minimum absolute atomic E-state index is 0.261. The first-order chi connectivity index (χ1) is 9.74. The van der Waals surface area contributed by atoms with Gasteiger partial charge in [0, 0.05) is 16.2 Å². The second-order valence-corrected chi connectivity index (χ2v) is 6.09. The SMILES string of the molecule is Cc1cc(C(O)Cc2ccc(OC(F)(F)F)cc2)sc1C. The molecular formula is C15H15F3O2S. The summed E-state index contributed by atoms with van der Waals surface area (Å²) in [5.41, 5.74) is 1.88. The summed E-state index contributed by atoms with van der Waals surface area (Å²) in [5.74, 6) is -0.261. The predicted molar refractivity (Wildman–Crippen MR) is 75.6 cm³/mol. The van der Waals surface area contributed by atoms with Gasteiger partial charge in [-0.2, -0.15) is 0 Å². The topological polar surface area (TPSA) is 29.5 Å². The van der Waals surface area contributed by atoms with E-state index in [2.05, 4.69) is 4.74 Å². The molecule has 0 amide bonds. The highest BCUT2D eigenvalue weighted by Crippen LogP contribution is 2.29. The fourth-order valence-corrected chi connectivity index (χ4v) is 2.95. The Morgan fingerprint density at radius 1 is 1.19 bits per heavy atom. The van der Waals surface area contributed by atoms with Gasteiger partial charge in [-0.1, -0.05) is 12.1 Å². The highest BCUT2D eigenvalue weighted by Gasteiger charge is 2.30. The highest BCUT2D eigenvalue weighted by molar-refractivity contribution is 7.12. The Morgan fingerprint density at radius 2 is 1.81 bits per heavy atom. The molecular weight excluding hydrogens is 301 g/mol. The van der Waals surface area contributed by atoms with Crippen molar-refractivity contribution in [3.8, 4) is 5.75 Å². The summed E-state index contributed by atoms with van der Waals surface area (Å²) in [6.45, 7) is 3.96. The maximum atomic E-state index is 12.1. The largest absolute Gasteiger partial charge is 0.573 e. The third-order valence-electron chi connectivity index (χ3n) is 3.10. The molecule has 0 aliphatic carbocycles. The van der Waals surface area contributed by atoms with Gasteiger partial charge >= 0.3 is 6.36 Å². The molecule has 0 aliphatic heterocycles. The van der Waals surface area contributed by atoms with E-state index in [9.17, 15) is 18.3 Å². The standard InChI is InChI=1S/C15H15F3O2S/c1-9-7-14(21-10(9)2)13(19)8-11-3-5-12(6-4-11)20-15(16,17)18/h3-7,13,19H,8H2,1-2H3. The summed E-state index contributed by atoms with van der Waals surface area (Å²) < 4.78 is 40.0. The molecule has 0 bridgehead atoms. The van der Waals surface area contributed by atoms with Crippen LogP contribution in [0.25, 0.3) is 0 Å². The molecule has 1 N–H and O–H groups in total. The number of halogens is 3. The van der Waals surface area contributed by atoms with Crippen LogP contribution in [0.15, 0.2) is 30.3 Å². The van der Waals surface area contributed by atoms with E-state index in [1.54, 1.807) is 0 Å². The molecule has 2 rings (SSSR count). The van der Waals surface area contributed by atoms with Gasteiger partial charge in [0.15, 0.2) is 0 Å². The molecule has 114 valence electrons. The number of benzene rings is 1. The van der Waals surface area contributed by atoms with Crippen LogP contribution in [0.4, 0.5) is 13.2 Å². The summed E-state index contributed by atoms with van der Waals surface area (Å²) in [6, 6.07) is 7.49. The first-order valence-electron chi connectivity index (χ1n) is 6.34. The lowest BCUT2D eigenvalue weighted by Crippen LogP contribution is -2.17. The van der Waals surface area contributed by atoms with Crippen molar-refractivity contribution < 1.29 is 23.0 Å². The van der Waals surface area contributed by atoms with Crippen LogP contribution < -0.4 is 4.74 Å². The molecule has 1 aromatic heterocycles. The van der Waals surface area contributed by atoms with Crippen molar-refractivity contribution in [3.05, 3.63) is 51.2 Å². The Bertz CT molecular complexity index is 583. The van der Waals surface area contributed by atoms with Crippen LogP contribution in [0.3, 0.4) is 0 Å². The molecule has 2 nitrogen and oxygen atoms in total. The second-order valence-electron chi connectivity index (χ2n) is 4.80. The maximum absolute atomic E-state index is 12.1. The summed E-state index contributed by atoms with van der Waals surface area (Å²) >= 11 is 1.53. The fraction of sp³-hybridized carbons (Fsp3) is 0.333.